The van der Waals surface area contributed by atoms with Crippen LogP contribution in [0.5, 0.6) is 5.88 Å². The summed E-state index contributed by atoms with van der Waals surface area (Å²) >= 11 is 0. The van der Waals surface area contributed by atoms with Crippen LogP contribution in [0.15, 0.2) is 73.1 Å². The Morgan fingerprint density at radius 1 is 1.08 bits per heavy atom. The van der Waals surface area contributed by atoms with E-state index in [9.17, 15) is 9.90 Å². The molecular formula is C27H28N8O3. The summed E-state index contributed by atoms with van der Waals surface area (Å²) in [5.41, 5.74) is 6.38. The predicted molar refractivity (Wildman–Crippen MR) is 142 cm³/mol. The lowest BCUT2D eigenvalue weighted by Crippen LogP contribution is -2.32. The predicted octanol–water partition coefficient (Wildman–Crippen LogP) is 2.55. The number of methoxy groups -OCH3 is 1. The molecule has 0 bridgehead atoms. The second-order valence-corrected chi connectivity index (χ2v) is 8.58. The van der Waals surface area contributed by atoms with Crippen molar-refractivity contribution in [3.05, 3.63) is 95.6 Å². The van der Waals surface area contributed by atoms with Gasteiger partial charge in [-0.3, -0.25) is 10.1 Å². The van der Waals surface area contributed by atoms with Crippen molar-refractivity contribution >= 4 is 23.0 Å². The van der Waals surface area contributed by atoms with Crippen molar-refractivity contribution in [1.82, 2.24) is 29.3 Å². The van der Waals surface area contributed by atoms with Gasteiger partial charge in [0.25, 0.3) is 5.91 Å². The van der Waals surface area contributed by atoms with Crippen molar-refractivity contribution in [1.29, 1.82) is 0 Å². The molecule has 0 atom stereocenters. The second-order valence-electron chi connectivity index (χ2n) is 8.58. The number of nitrogens with one attached hydrogen (secondary N) is 1. The van der Waals surface area contributed by atoms with Crippen LogP contribution in [0.1, 0.15) is 34.2 Å². The lowest BCUT2D eigenvalue weighted by atomic mass is 9.85. The molecule has 0 spiro atoms. The molecule has 0 aliphatic heterocycles. The fourth-order valence-electron chi connectivity index (χ4n) is 4.49. The van der Waals surface area contributed by atoms with E-state index in [0.29, 0.717) is 47.7 Å². The first-order valence-electron chi connectivity index (χ1n) is 12.2. The molecule has 0 aliphatic rings. The fraction of sp³-hybridized carbons (Fsp3) is 0.222. The molecule has 5 aromatic rings. The third-order valence-electron chi connectivity index (χ3n) is 6.29. The summed E-state index contributed by atoms with van der Waals surface area (Å²) in [5, 5.41) is 19.2. The molecule has 0 fully saturated rings. The molecule has 0 saturated carbocycles. The maximum atomic E-state index is 13.2. The van der Waals surface area contributed by atoms with Gasteiger partial charge in [-0.1, -0.05) is 60.7 Å². The Kier molecular flexibility index (Phi) is 6.86. The Morgan fingerprint density at radius 3 is 2.32 bits per heavy atom. The maximum absolute atomic E-state index is 13.2. The average Bonchev–Trinajstić information content (AvgIpc) is 3.56. The minimum Gasteiger partial charge on any atom is -0.480 e. The molecular weight excluding hydrogens is 484 g/mol. The van der Waals surface area contributed by atoms with E-state index in [-0.39, 0.29) is 17.4 Å². The van der Waals surface area contributed by atoms with Crippen LogP contribution in [0.25, 0.3) is 11.2 Å². The van der Waals surface area contributed by atoms with Gasteiger partial charge in [0.2, 0.25) is 11.8 Å². The van der Waals surface area contributed by atoms with Gasteiger partial charge < -0.3 is 20.1 Å². The lowest BCUT2D eigenvalue weighted by Gasteiger charge is -2.29. The topological polar surface area (TPSA) is 146 Å². The summed E-state index contributed by atoms with van der Waals surface area (Å²) in [5.74, 6) is 0.111. The number of aryl methyl sites for hydroxylation is 1. The number of benzene rings is 2. The van der Waals surface area contributed by atoms with Gasteiger partial charge in [0.05, 0.1) is 19.2 Å². The van der Waals surface area contributed by atoms with E-state index in [2.05, 4.69) is 20.4 Å². The average molecular weight is 513 g/mol. The molecule has 0 aliphatic carbocycles. The standard InChI is InChI=1S/C27H28N8O3/c1-3-35-21-16-20(23(36)32-26-29-17-34(33-26)15-14-28)24(38-2)30-22(21)31-25(35)27(37,18-10-6-4-7-11-18)19-12-8-5-9-13-19/h4-13,16-17,37H,3,14-15,28H2,1-2H3,(H,32,33,36). The normalized spacial score (nSPS) is 11.6. The van der Waals surface area contributed by atoms with E-state index < -0.39 is 11.5 Å². The van der Waals surface area contributed by atoms with Crippen molar-refractivity contribution in [2.24, 2.45) is 5.73 Å². The highest BCUT2D eigenvalue weighted by molar-refractivity contribution is 6.06. The number of carbonyl (C=O) groups is 1. The number of anilines is 1. The highest BCUT2D eigenvalue weighted by Crippen LogP contribution is 2.38. The zero-order chi connectivity index (χ0) is 26.7. The summed E-state index contributed by atoms with van der Waals surface area (Å²) in [4.78, 5) is 26.6. The Labute approximate surface area is 218 Å². The van der Waals surface area contributed by atoms with E-state index >= 15 is 0 Å². The Hall–Kier alpha value is -4.61. The highest BCUT2D eigenvalue weighted by Gasteiger charge is 2.39. The zero-order valence-corrected chi connectivity index (χ0v) is 21.1. The molecule has 1 amide bonds. The van der Waals surface area contributed by atoms with Crippen LogP contribution in [0.2, 0.25) is 0 Å². The largest absolute Gasteiger partial charge is 0.480 e. The van der Waals surface area contributed by atoms with Gasteiger partial charge in [0, 0.05) is 13.1 Å². The van der Waals surface area contributed by atoms with Crippen molar-refractivity contribution in [2.75, 3.05) is 19.0 Å². The zero-order valence-electron chi connectivity index (χ0n) is 21.1. The molecule has 11 nitrogen and oxygen atoms in total. The number of hydrogen-bond donors (Lipinski definition) is 3. The first kappa shape index (κ1) is 25.1. The number of amides is 1. The molecule has 2 aromatic carbocycles. The van der Waals surface area contributed by atoms with Crippen LogP contribution < -0.4 is 15.8 Å². The van der Waals surface area contributed by atoms with Crippen LogP contribution in [0.3, 0.4) is 0 Å². The van der Waals surface area contributed by atoms with E-state index in [4.69, 9.17) is 15.5 Å². The molecule has 11 heteroatoms. The van der Waals surface area contributed by atoms with E-state index in [1.807, 2.05) is 72.2 Å². The molecule has 0 saturated heterocycles. The highest BCUT2D eigenvalue weighted by atomic mass is 16.5. The van der Waals surface area contributed by atoms with Crippen molar-refractivity contribution in [3.8, 4) is 5.88 Å². The first-order valence-corrected chi connectivity index (χ1v) is 12.2. The van der Waals surface area contributed by atoms with Gasteiger partial charge in [0.15, 0.2) is 17.1 Å². The van der Waals surface area contributed by atoms with Crippen LogP contribution in [0.4, 0.5) is 5.95 Å². The number of aromatic nitrogens is 6. The third-order valence-corrected chi connectivity index (χ3v) is 6.29. The van der Waals surface area contributed by atoms with Gasteiger partial charge in [-0.2, -0.15) is 4.98 Å². The Balaban J connectivity index is 1.65. The number of pyridine rings is 1. The molecule has 38 heavy (non-hydrogen) atoms. The van der Waals surface area contributed by atoms with E-state index in [1.165, 1.54) is 13.4 Å². The number of fused-ring (bicyclic) bond motifs is 1. The van der Waals surface area contributed by atoms with Crippen LogP contribution in [-0.4, -0.2) is 54.0 Å². The van der Waals surface area contributed by atoms with Gasteiger partial charge in [0.1, 0.15) is 11.9 Å². The van der Waals surface area contributed by atoms with Crippen molar-refractivity contribution in [2.45, 2.75) is 25.6 Å². The van der Waals surface area contributed by atoms with Gasteiger partial charge in [-0.15, -0.1) is 5.10 Å². The Bertz CT molecular complexity index is 1520. The monoisotopic (exact) mass is 512 g/mol. The summed E-state index contributed by atoms with van der Waals surface area (Å²) in [7, 11) is 1.43. The molecule has 3 aromatic heterocycles. The number of ether oxygens (including phenoxy) is 1. The first-order chi connectivity index (χ1) is 18.5. The minimum absolute atomic E-state index is 0.0895. The second kappa shape index (κ2) is 10.4. The van der Waals surface area contributed by atoms with E-state index in [1.54, 1.807) is 10.7 Å². The number of rotatable bonds is 9. The molecule has 3 heterocycles. The summed E-state index contributed by atoms with van der Waals surface area (Å²) < 4.78 is 8.84. The summed E-state index contributed by atoms with van der Waals surface area (Å²) in [6.07, 6.45) is 1.49. The summed E-state index contributed by atoms with van der Waals surface area (Å²) in [6.45, 7) is 3.28. The molecule has 5 rings (SSSR count). The quantitative estimate of drug-likeness (QED) is 0.273. The Morgan fingerprint density at radius 2 is 1.74 bits per heavy atom. The van der Waals surface area contributed by atoms with Crippen LogP contribution in [-0.2, 0) is 18.7 Å². The molecule has 0 unspecified atom stereocenters. The minimum atomic E-state index is -1.57. The van der Waals surface area contributed by atoms with Crippen LogP contribution >= 0.6 is 0 Å². The smallest absolute Gasteiger partial charge is 0.263 e. The molecule has 194 valence electrons. The molecule has 0 radical (unpaired) electrons. The number of nitrogens with zero attached hydrogens (tertiary/aromatic N) is 6. The lowest BCUT2D eigenvalue weighted by molar-refractivity contribution is 0.102. The van der Waals surface area contributed by atoms with Gasteiger partial charge in [-0.25, -0.2) is 14.6 Å². The van der Waals surface area contributed by atoms with Crippen molar-refractivity contribution in [3.63, 3.8) is 0 Å². The number of imidazole rings is 1. The SMILES string of the molecule is CCn1c(C(O)(c2ccccc2)c2ccccc2)nc2nc(OC)c(C(=O)Nc3ncn(CCN)n3)cc21. The molecule has 4 N–H and O–H groups in total. The summed E-state index contributed by atoms with van der Waals surface area (Å²) in [6, 6.07) is 20.3. The van der Waals surface area contributed by atoms with Gasteiger partial charge >= 0.3 is 0 Å². The number of aliphatic hydroxyl groups is 1. The number of carbonyl (C=O) groups excluding carboxylic acids is 1. The van der Waals surface area contributed by atoms with E-state index in [0.717, 1.165) is 0 Å². The number of nitrogens with two attached hydrogens (primary N) is 1. The van der Waals surface area contributed by atoms with Crippen LogP contribution in [0, 0.1) is 0 Å². The van der Waals surface area contributed by atoms with Gasteiger partial charge in [-0.05, 0) is 24.1 Å². The third kappa shape index (κ3) is 4.38. The number of hydrogen-bond acceptors (Lipinski definition) is 8. The maximum Gasteiger partial charge on any atom is 0.263 e. The fourth-order valence-corrected chi connectivity index (χ4v) is 4.49. The van der Waals surface area contributed by atoms with Crippen molar-refractivity contribution < 1.29 is 14.6 Å².